The number of unbranched alkanes of at least 4 members (excludes halogenated alkanes) is 2. The van der Waals surface area contributed by atoms with Gasteiger partial charge in [-0.2, -0.15) is 0 Å². The van der Waals surface area contributed by atoms with E-state index < -0.39 is 17.9 Å². The second-order valence-corrected chi connectivity index (χ2v) is 9.92. The monoisotopic (exact) mass is 568 g/mol. The van der Waals surface area contributed by atoms with Crippen LogP contribution in [0.4, 0.5) is 10.5 Å². The number of hydrogen-bond donors (Lipinski definition) is 0. The molecule has 0 saturated carbocycles. The van der Waals surface area contributed by atoms with E-state index in [0.29, 0.717) is 49.7 Å². The van der Waals surface area contributed by atoms with Crippen molar-refractivity contribution in [2.24, 2.45) is 0 Å². The summed E-state index contributed by atoms with van der Waals surface area (Å²) in [5, 5.41) is 0. The summed E-state index contributed by atoms with van der Waals surface area (Å²) in [7, 11) is 1.61. The van der Waals surface area contributed by atoms with Crippen molar-refractivity contribution >= 4 is 23.7 Å². The van der Waals surface area contributed by atoms with Crippen molar-refractivity contribution in [1.29, 1.82) is 0 Å². The number of esters is 2. The fourth-order valence-corrected chi connectivity index (χ4v) is 4.98. The van der Waals surface area contributed by atoms with Gasteiger partial charge < -0.3 is 23.8 Å². The summed E-state index contributed by atoms with van der Waals surface area (Å²) in [5.41, 5.74) is 3.22. The first-order chi connectivity index (χ1) is 19.9. The molecule has 0 radical (unpaired) electrons. The average molecular weight is 569 g/mol. The number of amides is 2. The summed E-state index contributed by atoms with van der Waals surface area (Å²) in [6.07, 6.45) is 4.65. The Kier molecular flexibility index (Phi) is 12.3. The second-order valence-electron chi connectivity index (χ2n) is 9.92. The van der Waals surface area contributed by atoms with E-state index in [0.717, 1.165) is 42.5 Å². The van der Waals surface area contributed by atoms with Gasteiger partial charge in [0.15, 0.2) is 17.4 Å². The first-order valence-electron chi connectivity index (χ1n) is 14.7. The van der Waals surface area contributed by atoms with Crippen LogP contribution in [0.5, 0.6) is 11.5 Å². The van der Waals surface area contributed by atoms with Crippen molar-refractivity contribution in [3.8, 4) is 11.5 Å². The molecule has 1 saturated heterocycles. The van der Waals surface area contributed by atoms with Crippen LogP contribution in [0.3, 0.4) is 0 Å². The molecule has 1 aliphatic rings. The lowest BCUT2D eigenvalue weighted by molar-refractivity contribution is -0.156. The molecule has 1 heterocycles. The van der Waals surface area contributed by atoms with Crippen LogP contribution in [0.25, 0.3) is 0 Å². The smallest absolute Gasteiger partial charge is 0.324 e. The molecule has 2 aromatic rings. The van der Waals surface area contributed by atoms with E-state index in [4.69, 9.17) is 18.9 Å². The Morgan fingerprint density at radius 2 is 1.61 bits per heavy atom. The molecule has 41 heavy (non-hydrogen) atoms. The Morgan fingerprint density at radius 3 is 2.24 bits per heavy atom. The number of carbonyl (C=O) groups excluding carboxylic acids is 3. The van der Waals surface area contributed by atoms with E-state index in [1.165, 1.54) is 0 Å². The number of carbonyl (C=O) groups is 3. The number of nitrogens with zero attached hydrogens (tertiary/aromatic N) is 2. The van der Waals surface area contributed by atoms with Crippen LogP contribution in [0, 0.1) is 0 Å². The van der Waals surface area contributed by atoms with Gasteiger partial charge in [-0.25, -0.2) is 4.79 Å². The van der Waals surface area contributed by atoms with Gasteiger partial charge >= 0.3 is 18.0 Å². The van der Waals surface area contributed by atoms with Crippen LogP contribution < -0.4 is 14.4 Å². The number of rotatable bonds is 15. The Morgan fingerprint density at radius 1 is 0.878 bits per heavy atom. The third kappa shape index (κ3) is 8.15. The Labute approximate surface area is 243 Å². The number of urea groups is 1. The normalized spacial score (nSPS) is 13.4. The molecule has 0 atom stereocenters. The zero-order valence-corrected chi connectivity index (χ0v) is 25.1. The fraction of sp³-hybridized carbons (Fsp3) is 0.531. The summed E-state index contributed by atoms with van der Waals surface area (Å²) in [6.45, 7) is 10.1. The highest BCUT2D eigenvalue weighted by Gasteiger charge is 2.32. The number of ether oxygens (including phenoxy) is 4. The van der Waals surface area contributed by atoms with E-state index in [1.54, 1.807) is 31.9 Å². The van der Waals surface area contributed by atoms with Crippen molar-refractivity contribution in [3.05, 3.63) is 53.1 Å². The highest BCUT2D eigenvalue weighted by molar-refractivity contribution is 6.01. The van der Waals surface area contributed by atoms with Crippen LogP contribution in [-0.2, 0) is 32.0 Å². The Bertz CT molecular complexity index is 1160. The summed E-state index contributed by atoms with van der Waals surface area (Å²) in [4.78, 5) is 42.5. The molecule has 0 unspecified atom stereocenters. The fourth-order valence-electron chi connectivity index (χ4n) is 4.98. The van der Waals surface area contributed by atoms with Crippen molar-refractivity contribution in [3.63, 3.8) is 0 Å². The molecule has 0 N–H and O–H groups in total. The number of benzene rings is 2. The molecule has 0 bridgehead atoms. The molecule has 3 rings (SSSR count). The van der Waals surface area contributed by atoms with E-state index in [9.17, 15) is 14.4 Å². The number of hydrogen-bond acceptors (Lipinski definition) is 7. The lowest BCUT2D eigenvalue weighted by Crippen LogP contribution is -2.49. The van der Waals surface area contributed by atoms with Gasteiger partial charge in [0.2, 0.25) is 0 Å². The molecule has 9 nitrogen and oxygen atoms in total. The number of aryl methyl sites for hydroxylation is 1. The van der Waals surface area contributed by atoms with Crippen molar-refractivity contribution < 1.29 is 33.3 Å². The summed E-state index contributed by atoms with van der Waals surface area (Å²) in [5.74, 6) is -1.13. The molecule has 0 spiro atoms. The van der Waals surface area contributed by atoms with Gasteiger partial charge in [-0.15, -0.1) is 0 Å². The Hall–Kier alpha value is -3.75. The standard InChI is InChI=1S/C32H44N2O7/c1-6-10-11-19-41-28-21-26(15-16-27(28)38-5)34-18-12-17-33(32(34)37)22-25-14-13-24(20-23(25)7-2)29(30(35)39-8-3)31(36)40-9-4/h13-16,20-21,29H,6-12,17-19,22H2,1-5H3. The average Bonchev–Trinajstić information content (AvgIpc) is 2.97. The van der Waals surface area contributed by atoms with Gasteiger partial charge in [-0.1, -0.05) is 44.9 Å². The third-order valence-electron chi connectivity index (χ3n) is 7.13. The second kappa shape index (κ2) is 15.9. The molecule has 0 aliphatic carbocycles. The zero-order chi connectivity index (χ0) is 29.8. The highest BCUT2D eigenvalue weighted by Crippen LogP contribution is 2.34. The SMILES string of the molecule is CCCCCOc1cc(N2CCCN(Cc3ccc(C(C(=O)OCC)C(=O)OCC)cc3CC)C2=O)ccc1OC. The first-order valence-corrected chi connectivity index (χ1v) is 14.7. The first kappa shape index (κ1) is 31.8. The van der Waals surface area contributed by atoms with Crippen LogP contribution in [0.2, 0.25) is 0 Å². The number of methoxy groups -OCH3 is 1. The lowest BCUT2D eigenvalue weighted by atomic mass is 9.93. The molecule has 9 heteroatoms. The van der Waals surface area contributed by atoms with Crippen LogP contribution in [0.1, 0.15) is 76.0 Å². The van der Waals surface area contributed by atoms with Gasteiger partial charge in [0.25, 0.3) is 0 Å². The molecular weight excluding hydrogens is 524 g/mol. The molecule has 224 valence electrons. The largest absolute Gasteiger partial charge is 0.493 e. The molecule has 1 fully saturated rings. The topological polar surface area (TPSA) is 94.6 Å². The maximum atomic E-state index is 13.6. The minimum Gasteiger partial charge on any atom is -0.493 e. The Balaban J connectivity index is 1.81. The van der Waals surface area contributed by atoms with Gasteiger partial charge in [0, 0.05) is 31.4 Å². The maximum absolute atomic E-state index is 13.6. The summed E-state index contributed by atoms with van der Waals surface area (Å²) >= 11 is 0. The minimum atomic E-state index is -1.14. The molecule has 2 amide bonds. The van der Waals surface area contributed by atoms with Crippen LogP contribution in [0.15, 0.2) is 36.4 Å². The van der Waals surface area contributed by atoms with Crippen molar-refractivity contribution in [2.45, 2.75) is 72.3 Å². The van der Waals surface area contributed by atoms with Gasteiger partial charge in [0.1, 0.15) is 0 Å². The van der Waals surface area contributed by atoms with Crippen LogP contribution in [-0.4, -0.2) is 62.9 Å². The predicted molar refractivity (Wildman–Crippen MR) is 158 cm³/mol. The quantitative estimate of drug-likeness (QED) is 0.151. The number of anilines is 1. The van der Waals surface area contributed by atoms with Gasteiger partial charge in [0.05, 0.1) is 26.9 Å². The molecule has 2 aromatic carbocycles. The molecule has 1 aliphatic heterocycles. The summed E-state index contributed by atoms with van der Waals surface area (Å²) in [6, 6.07) is 11.0. The van der Waals surface area contributed by atoms with Crippen molar-refractivity contribution in [2.75, 3.05) is 44.9 Å². The van der Waals surface area contributed by atoms with Gasteiger partial charge in [-0.3, -0.25) is 14.5 Å². The maximum Gasteiger partial charge on any atom is 0.324 e. The van der Waals surface area contributed by atoms with E-state index in [-0.39, 0.29) is 19.2 Å². The van der Waals surface area contributed by atoms with Crippen molar-refractivity contribution in [1.82, 2.24) is 4.90 Å². The molecular formula is C32H44N2O7. The van der Waals surface area contributed by atoms with E-state index >= 15 is 0 Å². The zero-order valence-electron chi connectivity index (χ0n) is 25.1. The lowest BCUT2D eigenvalue weighted by Gasteiger charge is -2.36. The third-order valence-corrected chi connectivity index (χ3v) is 7.13. The minimum absolute atomic E-state index is 0.0830. The highest BCUT2D eigenvalue weighted by atomic mass is 16.6. The van der Waals surface area contributed by atoms with Gasteiger partial charge in [-0.05, 0) is 61.9 Å². The summed E-state index contributed by atoms with van der Waals surface area (Å²) < 4.78 is 21.8. The van der Waals surface area contributed by atoms with Crippen LogP contribution >= 0.6 is 0 Å². The predicted octanol–water partition coefficient (Wildman–Crippen LogP) is 5.87. The van der Waals surface area contributed by atoms with E-state index in [2.05, 4.69) is 6.92 Å². The van der Waals surface area contributed by atoms with E-state index in [1.807, 2.05) is 42.2 Å². The molecule has 0 aromatic heterocycles.